The van der Waals surface area contributed by atoms with E-state index in [2.05, 4.69) is 20.6 Å². The van der Waals surface area contributed by atoms with Gasteiger partial charge in [-0.2, -0.15) is 0 Å². The van der Waals surface area contributed by atoms with Crippen LogP contribution in [0.25, 0.3) is 10.9 Å². The van der Waals surface area contributed by atoms with E-state index in [4.69, 9.17) is 11.6 Å². The van der Waals surface area contributed by atoms with Crippen molar-refractivity contribution in [1.82, 2.24) is 30.4 Å². The number of H-pyrrole nitrogens is 1. The van der Waals surface area contributed by atoms with Gasteiger partial charge in [-0.15, -0.1) is 0 Å². The largest absolute Gasteiger partial charge is 0.361 e. The maximum absolute atomic E-state index is 14.2. The van der Waals surface area contributed by atoms with Crippen LogP contribution in [0.2, 0.25) is 5.02 Å². The minimum atomic E-state index is -0.718. The molecule has 256 valence electrons. The molecule has 11 heteroatoms. The first-order valence-corrected chi connectivity index (χ1v) is 17.4. The van der Waals surface area contributed by atoms with Crippen LogP contribution in [0.1, 0.15) is 46.9 Å². The summed E-state index contributed by atoms with van der Waals surface area (Å²) >= 11 is 6.17. The molecule has 0 bridgehead atoms. The Kier molecular flexibility index (Phi) is 10.6. The van der Waals surface area contributed by atoms with E-state index in [0.717, 1.165) is 34.9 Å². The quantitative estimate of drug-likeness (QED) is 0.216. The van der Waals surface area contributed by atoms with Crippen LogP contribution < -0.4 is 10.6 Å². The molecule has 4 amide bonds. The molecular formula is C38H43ClN6O4. The van der Waals surface area contributed by atoms with Gasteiger partial charge in [-0.1, -0.05) is 61.0 Å². The predicted molar refractivity (Wildman–Crippen MR) is 189 cm³/mol. The summed E-state index contributed by atoms with van der Waals surface area (Å²) < 4.78 is 0. The van der Waals surface area contributed by atoms with Crippen LogP contribution in [-0.4, -0.2) is 82.7 Å². The second-order valence-electron chi connectivity index (χ2n) is 13.2. The molecule has 4 atom stereocenters. The molecular weight excluding hydrogens is 640 g/mol. The Morgan fingerprint density at radius 2 is 1.78 bits per heavy atom. The SMILES string of the molecule is CCc1ccc(C(=O)N2CC3CN(C(=O)Cc4c[nH]c5cc(Cl)ccc45)CC(C(=O)N[C@@H](CCCc4ccccc4)C(=O)NC)C3C2)nc1. The van der Waals surface area contributed by atoms with E-state index < -0.39 is 12.0 Å². The number of carbonyl (C=O) groups is 4. The summed E-state index contributed by atoms with van der Waals surface area (Å²) in [4.78, 5) is 65.7. The molecule has 4 aromatic rings. The number of carbonyl (C=O) groups excluding carboxylic acids is 4. The van der Waals surface area contributed by atoms with Gasteiger partial charge in [0.1, 0.15) is 11.7 Å². The average molecular weight is 683 g/mol. The molecule has 10 nitrogen and oxygen atoms in total. The first-order chi connectivity index (χ1) is 23.7. The third-order valence-electron chi connectivity index (χ3n) is 10.1. The van der Waals surface area contributed by atoms with Crippen molar-refractivity contribution in [2.45, 2.75) is 45.1 Å². The smallest absolute Gasteiger partial charge is 0.272 e. The van der Waals surface area contributed by atoms with Crippen molar-refractivity contribution < 1.29 is 19.2 Å². The summed E-state index contributed by atoms with van der Waals surface area (Å²) in [5.41, 5.74) is 4.28. The van der Waals surface area contributed by atoms with E-state index in [0.29, 0.717) is 43.2 Å². The van der Waals surface area contributed by atoms with Crippen molar-refractivity contribution in [3.63, 3.8) is 0 Å². The fraction of sp³-hybridized carbons (Fsp3) is 0.395. The topological polar surface area (TPSA) is 128 Å². The van der Waals surface area contributed by atoms with Gasteiger partial charge in [-0.05, 0) is 72.4 Å². The number of aryl methyl sites for hydroxylation is 2. The van der Waals surface area contributed by atoms with Gasteiger partial charge in [-0.25, -0.2) is 0 Å². The van der Waals surface area contributed by atoms with Crippen molar-refractivity contribution in [2.75, 3.05) is 33.2 Å². The molecule has 3 N–H and O–H groups in total. The van der Waals surface area contributed by atoms with Crippen LogP contribution in [-0.2, 0) is 33.6 Å². The Bertz CT molecular complexity index is 1810. The van der Waals surface area contributed by atoms with Crippen molar-refractivity contribution in [3.8, 4) is 0 Å². The highest BCUT2D eigenvalue weighted by Gasteiger charge is 2.48. The minimum absolute atomic E-state index is 0.0978. The minimum Gasteiger partial charge on any atom is -0.361 e. The number of benzene rings is 2. The maximum atomic E-state index is 14.2. The van der Waals surface area contributed by atoms with Gasteiger partial charge in [0.15, 0.2) is 0 Å². The summed E-state index contributed by atoms with van der Waals surface area (Å²) in [5, 5.41) is 7.26. The van der Waals surface area contributed by atoms with E-state index >= 15 is 0 Å². The van der Waals surface area contributed by atoms with Crippen LogP contribution in [0.5, 0.6) is 0 Å². The number of nitrogens with one attached hydrogen (secondary N) is 3. The fourth-order valence-corrected chi connectivity index (χ4v) is 7.47. The Balaban J connectivity index is 1.20. The highest BCUT2D eigenvalue weighted by molar-refractivity contribution is 6.31. The van der Waals surface area contributed by atoms with Crippen LogP contribution >= 0.6 is 11.6 Å². The van der Waals surface area contributed by atoms with Gasteiger partial charge in [0.2, 0.25) is 17.7 Å². The lowest BCUT2D eigenvalue weighted by atomic mass is 9.79. The van der Waals surface area contributed by atoms with E-state index in [-0.39, 0.29) is 48.4 Å². The molecule has 3 unspecified atom stereocenters. The van der Waals surface area contributed by atoms with Gasteiger partial charge in [-0.3, -0.25) is 24.2 Å². The van der Waals surface area contributed by atoms with E-state index in [1.54, 1.807) is 35.2 Å². The Hall–Kier alpha value is -4.70. The molecule has 2 saturated heterocycles. The van der Waals surface area contributed by atoms with E-state index in [9.17, 15) is 19.2 Å². The number of halogens is 1. The molecule has 4 heterocycles. The first-order valence-electron chi connectivity index (χ1n) is 17.1. The molecule has 2 aliphatic rings. The molecule has 0 aliphatic carbocycles. The van der Waals surface area contributed by atoms with Gasteiger partial charge < -0.3 is 25.4 Å². The van der Waals surface area contributed by atoms with Gasteiger partial charge >= 0.3 is 0 Å². The lowest BCUT2D eigenvalue weighted by Gasteiger charge is -2.40. The highest BCUT2D eigenvalue weighted by atomic mass is 35.5. The number of aromatic amines is 1. The summed E-state index contributed by atoms with van der Waals surface area (Å²) in [6.45, 7) is 3.46. The Morgan fingerprint density at radius 1 is 0.980 bits per heavy atom. The second-order valence-corrected chi connectivity index (χ2v) is 13.6. The number of hydrogen-bond acceptors (Lipinski definition) is 5. The number of rotatable bonds is 11. The van der Waals surface area contributed by atoms with Gasteiger partial charge in [0.05, 0.1) is 12.3 Å². The lowest BCUT2D eigenvalue weighted by Crippen LogP contribution is -2.56. The van der Waals surface area contributed by atoms with Crippen molar-refractivity contribution in [3.05, 3.63) is 100 Å². The van der Waals surface area contributed by atoms with Gasteiger partial charge in [0, 0.05) is 61.5 Å². The monoisotopic (exact) mass is 682 g/mol. The predicted octanol–water partition coefficient (Wildman–Crippen LogP) is 4.42. The molecule has 2 aromatic heterocycles. The maximum Gasteiger partial charge on any atom is 0.272 e. The van der Waals surface area contributed by atoms with Crippen molar-refractivity contribution >= 4 is 46.1 Å². The molecule has 0 radical (unpaired) electrons. The van der Waals surface area contributed by atoms with E-state index in [1.165, 1.54) is 5.56 Å². The van der Waals surface area contributed by atoms with Crippen molar-refractivity contribution in [2.24, 2.45) is 17.8 Å². The highest BCUT2D eigenvalue weighted by Crippen LogP contribution is 2.37. The zero-order valence-electron chi connectivity index (χ0n) is 28.0. The average Bonchev–Trinajstić information content (AvgIpc) is 3.74. The van der Waals surface area contributed by atoms with Gasteiger partial charge in [0.25, 0.3) is 5.91 Å². The molecule has 0 saturated carbocycles. The number of hydrogen-bond donors (Lipinski definition) is 3. The standard InChI is InChI=1S/C38H43ClN6O4/c1-3-24-12-15-33(41-18-24)38(49)45-21-27-20-44(35(46)16-26-19-42-34-17-28(39)13-14-29(26)34)23-31(30(27)22-45)36(47)43-32(37(48)40-2)11-7-10-25-8-5-4-6-9-25/h4-6,8-9,12-15,17-19,27,30-32,42H,3,7,10-11,16,20-23H2,1-2H3,(H,40,48)(H,43,47)/t27?,30?,31?,32-/m0/s1. The number of piperidine rings is 1. The number of fused-ring (bicyclic) bond motifs is 2. The third-order valence-corrected chi connectivity index (χ3v) is 10.3. The molecule has 2 aromatic carbocycles. The zero-order chi connectivity index (χ0) is 34.5. The summed E-state index contributed by atoms with van der Waals surface area (Å²) in [7, 11) is 1.57. The van der Waals surface area contributed by atoms with Crippen LogP contribution in [0.3, 0.4) is 0 Å². The van der Waals surface area contributed by atoms with Crippen LogP contribution in [0, 0.1) is 17.8 Å². The van der Waals surface area contributed by atoms with E-state index in [1.807, 2.05) is 61.7 Å². The lowest BCUT2D eigenvalue weighted by molar-refractivity contribution is -0.140. The van der Waals surface area contributed by atoms with Crippen LogP contribution in [0.15, 0.2) is 73.1 Å². The van der Waals surface area contributed by atoms with Crippen LogP contribution in [0.4, 0.5) is 0 Å². The molecule has 6 rings (SSSR count). The first kappa shape index (κ1) is 34.2. The summed E-state index contributed by atoms with van der Waals surface area (Å²) in [5.74, 6) is -1.69. The van der Waals surface area contributed by atoms with Crippen molar-refractivity contribution in [1.29, 1.82) is 0 Å². The molecule has 49 heavy (non-hydrogen) atoms. The fourth-order valence-electron chi connectivity index (χ4n) is 7.30. The Labute approximate surface area is 291 Å². The molecule has 0 spiro atoms. The number of pyridine rings is 1. The molecule has 2 aliphatic heterocycles. The Morgan fingerprint density at radius 3 is 2.51 bits per heavy atom. The number of amides is 4. The zero-order valence-corrected chi connectivity index (χ0v) is 28.7. The number of aromatic nitrogens is 2. The number of likely N-dealkylation sites (tertiary alicyclic amines) is 2. The summed E-state index contributed by atoms with van der Waals surface area (Å²) in [6.07, 6.45) is 6.50. The third kappa shape index (κ3) is 7.80. The number of likely N-dealkylation sites (N-methyl/N-ethyl adjacent to an activating group) is 1. The second kappa shape index (κ2) is 15.2. The molecule has 2 fully saturated rings. The number of nitrogens with zero attached hydrogens (tertiary/aromatic N) is 3. The normalized spacial score (nSPS) is 19.4. The summed E-state index contributed by atoms with van der Waals surface area (Å²) in [6, 6.07) is 18.5.